The molecule has 2 rings (SSSR count). The Morgan fingerprint density at radius 3 is 2.12 bits per heavy atom. The van der Waals surface area contributed by atoms with E-state index in [1.807, 2.05) is 0 Å². The number of benzene rings is 1. The molecule has 11 nitrogen and oxygen atoms in total. The molecule has 1 aromatic carbocycles. The molecule has 32 heavy (non-hydrogen) atoms. The zero-order valence-electron chi connectivity index (χ0n) is 17.1. The van der Waals surface area contributed by atoms with Crippen molar-refractivity contribution in [2.75, 3.05) is 12.3 Å². The van der Waals surface area contributed by atoms with E-state index in [1.54, 1.807) is 0 Å². The molecule has 176 valence electrons. The predicted molar refractivity (Wildman–Crippen MR) is 104 cm³/mol. The van der Waals surface area contributed by atoms with Gasteiger partial charge in [-0.15, -0.1) is 0 Å². The van der Waals surface area contributed by atoms with Crippen LogP contribution in [-0.2, 0) is 28.7 Å². The summed E-state index contributed by atoms with van der Waals surface area (Å²) in [4.78, 5) is 45.8. The van der Waals surface area contributed by atoms with Gasteiger partial charge in [-0.2, -0.15) is 0 Å². The van der Waals surface area contributed by atoms with Gasteiger partial charge in [0, 0.05) is 36.9 Å². The van der Waals surface area contributed by atoms with Crippen molar-refractivity contribution in [3.8, 4) is 5.75 Å². The first-order chi connectivity index (χ1) is 15.0. The number of halogens is 1. The average Bonchev–Trinajstić information content (AvgIpc) is 2.66. The Labute approximate surface area is 181 Å². The van der Waals surface area contributed by atoms with Gasteiger partial charge in [0.15, 0.2) is 11.6 Å². The molecule has 0 saturated carbocycles. The number of carboxylic acid groups (broad SMARTS) is 3. The minimum absolute atomic E-state index is 0.147. The smallest absolute Gasteiger partial charge is 0.303 e. The number of esters is 1. The summed E-state index contributed by atoms with van der Waals surface area (Å²) in [5, 5.41) is 28.1. The molecule has 0 aliphatic carbocycles. The number of carboxylic acids is 3. The van der Waals surface area contributed by atoms with Gasteiger partial charge in [0.25, 0.3) is 0 Å². The van der Waals surface area contributed by atoms with Gasteiger partial charge in [0.05, 0.1) is 18.9 Å². The zero-order chi connectivity index (χ0) is 24.0. The monoisotopic (exact) mass is 457 g/mol. The van der Waals surface area contributed by atoms with Crippen LogP contribution in [0.4, 0.5) is 10.1 Å². The summed E-state index contributed by atoms with van der Waals surface area (Å²) in [6, 6.07) is 3.45. The number of rotatable bonds is 10. The van der Waals surface area contributed by atoms with Crippen LogP contribution in [-0.4, -0.2) is 58.2 Å². The second-order valence-corrected chi connectivity index (χ2v) is 7.44. The Morgan fingerprint density at radius 2 is 1.56 bits per heavy atom. The van der Waals surface area contributed by atoms with E-state index in [0.717, 1.165) is 19.1 Å². The number of carbonyl (C=O) groups is 4. The van der Waals surface area contributed by atoms with Crippen molar-refractivity contribution in [2.45, 2.75) is 38.6 Å². The summed E-state index contributed by atoms with van der Waals surface area (Å²) in [5.74, 6) is -8.99. The fraction of sp³-hybridized carbons (Fsp3) is 0.500. The highest BCUT2D eigenvalue weighted by Gasteiger charge is 2.49. The quantitative estimate of drug-likeness (QED) is 0.294. The molecule has 0 spiro atoms. The molecule has 1 aliphatic rings. The number of hydrogen-bond donors (Lipinski definition) is 4. The van der Waals surface area contributed by atoms with Crippen LogP contribution in [0.25, 0.3) is 0 Å². The molecule has 0 aromatic heterocycles. The third-order valence-corrected chi connectivity index (χ3v) is 5.12. The van der Waals surface area contributed by atoms with Gasteiger partial charge >= 0.3 is 23.9 Å². The van der Waals surface area contributed by atoms with Gasteiger partial charge in [-0.25, -0.2) is 4.39 Å². The van der Waals surface area contributed by atoms with Crippen molar-refractivity contribution in [2.24, 2.45) is 17.8 Å². The van der Waals surface area contributed by atoms with Gasteiger partial charge in [0.2, 0.25) is 6.29 Å². The molecule has 5 N–H and O–H groups in total. The summed E-state index contributed by atoms with van der Waals surface area (Å²) >= 11 is 0. The molecule has 0 unspecified atom stereocenters. The fourth-order valence-electron chi connectivity index (χ4n) is 3.82. The Morgan fingerprint density at radius 1 is 1.00 bits per heavy atom. The Hall–Kier alpha value is -3.41. The molecule has 1 aliphatic heterocycles. The molecule has 1 aromatic rings. The molecule has 1 heterocycles. The number of nitrogens with two attached hydrogens (primary N) is 1. The highest BCUT2D eigenvalue weighted by atomic mass is 19.1. The Bertz CT molecular complexity index is 876. The van der Waals surface area contributed by atoms with Gasteiger partial charge in [0.1, 0.15) is 6.61 Å². The van der Waals surface area contributed by atoms with Crippen molar-refractivity contribution >= 4 is 29.6 Å². The number of aliphatic carboxylic acids is 3. The average molecular weight is 457 g/mol. The van der Waals surface area contributed by atoms with Crippen molar-refractivity contribution in [3.63, 3.8) is 0 Å². The van der Waals surface area contributed by atoms with Crippen LogP contribution in [0.5, 0.6) is 5.75 Å². The lowest BCUT2D eigenvalue weighted by molar-refractivity contribution is -0.237. The number of nitrogen functional groups attached to an aromatic ring is 1. The van der Waals surface area contributed by atoms with E-state index in [9.17, 15) is 38.9 Å². The second-order valence-electron chi connectivity index (χ2n) is 7.44. The van der Waals surface area contributed by atoms with E-state index in [4.69, 9.17) is 19.9 Å². The third kappa shape index (κ3) is 6.80. The SMILES string of the molecule is CC(=O)OC[C@@H]1O[C@@H](Oc2cc(N)ccc2F)[C@H](CC(=O)O)[C@@H](CC(=O)O)[C@H]1CC(=O)O. The van der Waals surface area contributed by atoms with Crippen molar-refractivity contribution < 1.29 is 53.1 Å². The van der Waals surface area contributed by atoms with Crippen LogP contribution in [0.2, 0.25) is 0 Å². The predicted octanol–water partition coefficient (Wildman–Crippen LogP) is 1.35. The van der Waals surface area contributed by atoms with E-state index in [2.05, 4.69) is 0 Å². The lowest BCUT2D eigenvalue weighted by Crippen LogP contribution is -2.53. The van der Waals surface area contributed by atoms with Crippen LogP contribution in [0, 0.1) is 23.6 Å². The summed E-state index contributed by atoms with van der Waals surface area (Å²) in [6.07, 6.45) is -4.42. The molecule has 0 radical (unpaired) electrons. The van der Waals surface area contributed by atoms with Crippen molar-refractivity contribution in [1.82, 2.24) is 0 Å². The number of anilines is 1. The maximum atomic E-state index is 14.2. The molecular formula is C20H24FNO10. The lowest BCUT2D eigenvalue weighted by Gasteiger charge is -2.45. The van der Waals surface area contributed by atoms with Crippen LogP contribution in [0.1, 0.15) is 26.2 Å². The Kier molecular flexibility index (Phi) is 8.35. The number of carbonyl (C=O) groups excluding carboxylic acids is 1. The highest BCUT2D eigenvalue weighted by Crippen LogP contribution is 2.42. The number of ether oxygens (including phenoxy) is 3. The molecule has 5 atom stereocenters. The minimum atomic E-state index is -1.47. The van der Waals surface area contributed by atoms with E-state index in [1.165, 1.54) is 6.07 Å². The van der Waals surface area contributed by atoms with Crippen molar-refractivity contribution in [1.29, 1.82) is 0 Å². The minimum Gasteiger partial charge on any atom is -0.481 e. The molecule has 0 amide bonds. The third-order valence-electron chi connectivity index (χ3n) is 5.12. The van der Waals surface area contributed by atoms with Crippen LogP contribution in [0.15, 0.2) is 18.2 Å². The largest absolute Gasteiger partial charge is 0.481 e. The first-order valence-corrected chi connectivity index (χ1v) is 9.63. The summed E-state index contributed by atoms with van der Waals surface area (Å²) in [5.41, 5.74) is 5.79. The van der Waals surface area contributed by atoms with Crippen molar-refractivity contribution in [3.05, 3.63) is 24.0 Å². The van der Waals surface area contributed by atoms with Gasteiger partial charge in [-0.05, 0) is 18.1 Å². The van der Waals surface area contributed by atoms with E-state index in [-0.39, 0.29) is 11.4 Å². The maximum absolute atomic E-state index is 14.2. The Balaban J connectivity index is 2.49. The second kappa shape index (κ2) is 10.8. The summed E-state index contributed by atoms with van der Waals surface area (Å²) in [6.45, 7) is 0.690. The van der Waals surface area contributed by atoms with Crippen LogP contribution in [0.3, 0.4) is 0 Å². The lowest BCUT2D eigenvalue weighted by atomic mass is 9.71. The highest BCUT2D eigenvalue weighted by molar-refractivity contribution is 5.70. The summed E-state index contributed by atoms with van der Waals surface area (Å²) < 4.78 is 30.5. The molecular weight excluding hydrogens is 433 g/mol. The van der Waals surface area contributed by atoms with Crippen LogP contribution >= 0.6 is 0 Å². The van der Waals surface area contributed by atoms with Gasteiger partial charge < -0.3 is 35.3 Å². The molecule has 12 heteroatoms. The van der Waals surface area contributed by atoms with E-state index in [0.29, 0.717) is 0 Å². The zero-order valence-corrected chi connectivity index (χ0v) is 17.1. The van der Waals surface area contributed by atoms with E-state index >= 15 is 0 Å². The number of hydrogen-bond acceptors (Lipinski definition) is 8. The first-order valence-electron chi connectivity index (χ1n) is 9.63. The summed E-state index contributed by atoms with van der Waals surface area (Å²) in [7, 11) is 0. The topological polar surface area (TPSA) is 183 Å². The fourth-order valence-corrected chi connectivity index (χ4v) is 3.82. The normalized spacial score (nSPS) is 25.0. The van der Waals surface area contributed by atoms with Gasteiger partial charge in [-0.3, -0.25) is 19.2 Å². The van der Waals surface area contributed by atoms with Gasteiger partial charge in [-0.1, -0.05) is 0 Å². The standard InChI is InChI=1S/C20H24FNO10/c1-9(23)30-8-16-12(6-18(26)27)11(5-17(24)25)13(7-19(28)29)20(32-16)31-15-4-10(22)2-3-14(15)21/h2-4,11-13,16,20H,5-8,22H2,1H3,(H,24,25)(H,26,27)(H,28,29)/t11-,12+,13+,16-,20+/m0/s1. The van der Waals surface area contributed by atoms with E-state index < -0.39 is 85.7 Å². The first kappa shape index (κ1) is 24.9. The molecule has 1 fully saturated rings. The molecule has 0 bridgehead atoms. The maximum Gasteiger partial charge on any atom is 0.303 e. The molecule has 1 saturated heterocycles. The van der Waals surface area contributed by atoms with Crippen LogP contribution < -0.4 is 10.5 Å².